The molecule has 0 amide bonds. The molecular formula is C24H27F2N3O3. The first-order valence-corrected chi connectivity index (χ1v) is 10.5. The van der Waals surface area contributed by atoms with Crippen molar-refractivity contribution in [1.29, 1.82) is 0 Å². The molecule has 3 aromatic rings. The lowest BCUT2D eigenvalue weighted by Gasteiger charge is -2.37. The largest absolute Gasteiger partial charge is 0.493 e. The van der Waals surface area contributed by atoms with Crippen LogP contribution in [0.4, 0.5) is 14.5 Å². The molecule has 6 nitrogen and oxygen atoms in total. The predicted molar refractivity (Wildman–Crippen MR) is 120 cm³/mol. The first kappa shape index (κ1) is 22.1. The minimum absolute atomic E-state index is 0.0810. The Hall–Kier alpha value is -3.13. The summed E-state index contributed by atoms with van der Waals surface area (Å²) in [6.07, 6.45) is 0. The van der Waals surface area contributed by atoms with E-state index < -0.39 is 11.6 Å². The van der Waals surface area contributed by atoms with Crippen molar-refractivity contribution in [2.45, 2.75) is 13.5 Å². The van der Waals surface area contributed by atoms with Gasteiger partial charge in [-0.15, -0.1) is 0 Å². The lowest BCUT2D eigenvalue weighted by atomic mass is 10.1. The molecule has 1 saturated heterocycles. The van der Waals surface area contributed by atoms with E-state index in [1.54, 1.807) is 34.3 Å². The second kappa shape index (κ2) is 9.16. The fourth-order valence-corrected chi connectivity index (χ4v) is 4.28. The average Bonchev–Trinajstić information content (AvgIpc) is 2.81. The van der Waals surface area contributed by atoms with Crippen molar-refractivity contribution in [1.82, 2.24) is 9.88 Å². The van der Waals surface area contributed by atoms with Gasteiger partial charge in [0.05, 0.1) is 21.3 Å². The number of pyridine rings is 1. The van der Waals surface area contributed by atoms with E-state index in [1.807, 2.05) is 18.2 Å². The molecule has 4 rings (SSSR count). The molecule has 0 unspecified atom stereocenters. The van der Waals surface area contributed by atoms with Crippen molar-refractivity contribution in [3.05, 3.63) is 53.2 Å². The van der Waals surface area contributed by atoms with Crippen LogP contribution >= 0.6 is 0 Å². The smallest absolute Gasteiger partial charge is 0.203 e. The van der Waals surface area contributed by atoms with Crippen molar-refractivity contribution in [3.63, 3.8) is 0 Å². The molecule has 0 bridgehead atoms. The van der Waals surface area contributed by atoms with Crippen molar-refractivity contribution in [2.24, 2.45) is 0 Å². The van der Waals surface area contributed by atoms with Crippen LogP contribution in [-0.2, 0) is 6.54 Å². The van der Waals surface area contributed by atoms with Gasteiger partial charge in [0, 0.05) is 55.1 Å². The number of anilines is 1. The average molecular weight is 443 g/mol. The molecule has 1 aromatic heterocycles. The van der Waals surface area contributed by atoms with Crippen LogP contribution in [0.15, 0.2) is 30.3 Å². The molecule has 0 radical (unpaired) electrons. The summed E-state index contributed by atoms with van der Waals surface area (Å²) in [5.41, 5.74) is 2.64. The zero-order chi connectivity index (χ0) is 22.8. The Morgan fingerprint density at radius 1 is 0.906 bits per heavy atom. The molecule has 0 atom stereocenters. The molecule has 2 heterocycles. The highest BCUT2D eigenvalue weighted by Gasteiger charge is 2.23. The van der Waals surface area contributed by atoms with Gasteiger partial charge >= 0.3 is 0 Å². The van der Waals surface area contributed by atoms with E-state index in [1.165, 1.54) is 0 Å². The maximum atomic E-state index is 14.3. The second-order valence-electron chi connectivity index (χ2n) is 7.80. The molecule has 170 valence electrons. The predicted octanol–water partition coefficient (Wildman–Crippen LogP) is 4.17. The van der Waals surface area contributed by atoms with E-state index in [0.29, 0.717) is 34.9 Å². The lowest BCUT2D eigenvalue weighted by molar-refractivity contribution is 0.244. The number of hydrogen-bond acceptors (Lipinski definition) is 6. The SMILES string of the molecule is COc1ccc(CN2CCN(c3cc(C)nc4c(F)c(F)ccc34)CC2)c(OC)c1OC. The summed E-state index contributed by atoms with van der Waals surface area (Å²) in [6, 6.07) is 8.58. The Kier molecular flexibility index (Phi) is 6.32. The van der Waals surface area contributed by atoms with Crippen LogP contribution in [-0.4, -0.2) is 57.4 Å². The molecule has 32 heavy (non-hydrogen) atoms. The third-order valence-corrected chi connectivity index (χ3v) is 5.87. The molecule has 0 N–H and O–H groups in total. The number of aryl methyl sites for hydroxylation is 1. The molecule has 0 aliphatic carbocycles. The molecular weight excluding hydrogens is 416 g/mol. The summed E-state index contributed by atoms with van der Waals surface area (Å²) < 4.78 is 44.5. The van der Waals surface area contributed by atoms with Crippen LogP contribution in [0.3, 0.4) is 0 Å². The van der Waals surface area contributed by atoms with Crippen LogP contribution in [0.2, 0.25) is 0 Å². The van der Waals surface area contributed by atoms with Gasteiger partial charge in [0.1, 0.15) is 5.52 Å². The van der Waals surface area contributed by atoms with E-state index in [-0.39, 0.29) is 5.52 Å². The summed E-state index contributed by atoms with van der Waals surface area (Å²) in [4.78, 5) is 8.76. The van der Waals surface area contributed by atoms with Crippen LogP contribution in [0.25, 0.3) is 10.9 Å². The maximum absolute atomic E-state index is 14.3. The van der Waals surface area contributed by atoms with Crippen molar-refractivity contribution in [2.75, 3.05) is 52.4 Å². The minimum atomic E-state index is -0.897. The van der Waals surface area contributed by atoms with Gasteiger partial charge in [-0.1, -0.05) is 6.07 Å². The van der Waals surface area contributed by atoms with Gasteiger partial charge in [0.2, 0.25) is 5.75 Å². The number of nitrogens with zero attached hydrogens (tertiary/aromatic N) is 3. The fraction of sp³-hybridized carbons (Fsp3) is 0.375. The lowest BCUT2D eigenvalue weighted by Crippen LogP contribution is -2.46. The van der Waals surface area contributed by atoms with Gasteiger partial charge in [-0.2, -0.15) is 0 Å². The van der Waals surface area contributed by atoms with Gasteiger partial charge in [0.15, 0.2) is 23.1 Å². The van der Waals surface area contributed by atoms with Crippen LogP contribution in [0, 0.1) is 18.6 Å². The van der Waals surface area contributed by atoms with Gasteiger partial charge in [-0.25, -0.2) is 13.8 Å². The van der Waals surface area contributed by atoms with Gasteiger partial charge in [0.25, 0.3) is 0 Å². The Morgan fingerprint density at radius 2 is 1.62 bits per heavy atom. The quantitative estimate of drug-likeness (QED) is 0.570. The van der Waals surface area contributed by atoms with E-state index >= 15 is 0 Å². The molecule has 0 saturated carbocycles. The first-order valence-electron chi connectivity index (χ1n) is 10.5. The number of ether oxygens (including phenoxy) is 3. The fourth-order valence-electron chi connectivity index (χ4n) is 4.28. The molecule has 1 fully saturated rings. The number of benzene rings is 2. The number of aromatic nitrogens is 1. The maximum Gasteiger partial charge on any atom is 0.203 e. The molecule has 1 aliphatic rings. The monoisotopic (exact) mass is 443 g/mol. The van der Waals surface area contributed by atoms with Crippen LogP contribution in [0.5, 0.6) is 17.2 Å². The standard InChI is InChI=1S/C24H27F2N3O3/c1-15-13-19(17-6-7-18(25)21(26)22(17)27-15)29-11-9-28(10-12-29)14-16-5-8-20(30-2)24(32-4)23(16)31-3/h5-8,13H,9-12,14H2,1-4H3. The number of halogens is 2. The Morgan fingerprint density at radius 3 is 2.28 bits per heavy atom. The topological polar surface area (TPSA) is 47.1 Å². The number of rotatable bonds is 6. The highest BCUT2D eigenvalue weighted by Crippen LogP contribution is 2.40. The first-order chi connectivity index (χ1) is 15.5. The van der Waals surface area contributed by atoms with Crippen molar-refractivity contribution < 1.29 is 23.0 Å². The van der Waals surface area contributed by atoms with E-state index in [4.69, 9.17) is 14.2 Å². The van der Waals surface area contributed by atoms with E-state index in [9.17, 15) is 8.78 Å². The number of fused-ring (bicyclic) bond motifs is 1. The Labute approximate surface area is 186 Å². The van der Waals surface area contributed by atoms with Crippen molar-refractivity contribution in [3.8, 4) is 17.2 Å². The van der Waals surface area contributed by atoms with Crippen molar-refractivity contribution >= 4 is 16.6 Å². The number of hydrogen-bond donors (Lipinski definition) is 0. The van der Waals surface area contributed by atoms with Gasteiger partial charge in [-0.3, -0.25) is 4.90 Å². The third kappa shape index (κ3) is 4.02. The highest BCUT2D eigenvalue weighted by atomic mass is 19.2. The normalized spacial score (nSPS) is 14.6. The highest BCUT2D eigenvalue weighted by molar-refractivity contribution is 5.92. The minimum Gasteiger partial charge on any atom is -0.493 e. The molecule has 2 aromatic carbocycles. The summed E-state index contributed by atoms with van der Waals surface area (Å²) in [5, 5.41) is 0.629. The third-order valence-electron chi connectivity index (χ3n) is 5.87. The van der Waals surface area contributed by atoms with Crippen LogP contribution in [0.1, 0.15) is 11.3 Å². The summed E-state index contributed by atoms with van der Waals surface area (Å²) >= 11 is 0. The van der Waals surface area contributed by atoms with Crippen LogP contribution < -0.4 is 19.1 Å². The zero-order valence-electron chi connectivity index (χ0n) is 18.7. The van der Waals surface area contributed by atoms with E-state index in [2.05, 4.69) is 14.8 Å². The Bertz CT molecular complexity index is 1130. The summed E-state index contributed by atoms with van der Waals surface area (Å²) in [7, 11) is 4.82. The molecule has 8 heteroatoms. The Balaban J connectivity index is 1.53. The zero-order valence-corrected chi connectivity index (χ0v) is 18.7. The number of piperazine rings is 1. The number of methoxy groups -OCH3 is 3. The van der Waals surface area contributed by atoms with Gasteiger partial charge in [-0.05, 0) is 31.2 Å². The second-order valence-corrected chi connectivity index (χ2v) is 7.80. The summed E-state index contributed by atoms with van der Waals surface area (Å²) in [6.45, 7) is 5.63. The van der Waals surface area contributed by atoms with E-state index in [0.717, 1.165) is 43.5 Å². The summed E-state index contributed by atoms with van der Waals surface area (Å²) in [5.74, 6) is 0.102. The van der Waals surface area contributed by atoms with Gasteiger partial charge < -0.3 is 19.1 Å². The molecule has 0 spiro atoms. The molecule has 1 aliphatic heterocycles.